The van der Waals surface area contributed by atoms with E-state index in [0.29, 0.717) is 0 Å². The number of nitro groups is 1. The van der Waals surface area contributed by atoms with Gasteiger partial charge in [0.05, 0.1) is 18.3 Å². The van der Waals surface area contributed by atoms with E-state index in [1.165, 1.54) is 19.2 Å². The highest BCUT2D eigenvalue weighted by Gasteiger charge is 2.34. The fourth-order valence-corrected chi connectivity index (χ4v) is 4.32. The number of carbonyl (C=O) groups excluding carboxylic acids is 1. The predicted octanol–water partition coefficient (Wildman–Crippen LogP) is 2.77. The topological polar surface area (TPSA) is 119 Å². The van der Waals surface area contributed by atoms with Gasteiger partial charge in [-0.05, 0) is 30.5 Å². The SMILES string of the molecule is CC[C@@H](C(=O)NCc1ccccc1C)N(c1cc([N+](=O)[O-])ccc1OC)S(C)(=O)=O. The molecule has 0 radical (unpaired) electrons. The van der Waals surface area contributed by atoms with Gasteiger partial charge in [-0.25, -0.2) is 8.42 Å². The number of carbonyl (C=O) groups is 1. The van der Waals surface area contributed by atoms with Crippen molar-refractivity contribution in [3.8, 4) is 5.75 Å². The minimum atomic E-state index is -3.97. The van der Waals surface area contributed by atoms with Gasteiger partial charge in [0.25, 0.3) is 5.69 Å². The molecule has 0 fully saturated rings. The maximum atomic E-state index is 12.9. The molecule has 0 aromatic heterocycles. The molecule has 0 saturated heterocycles. The third-order valence-corrected chi connectivity index (χ3v) is 5.82. The first-order valence-electron chi connectivity index (χ1n) is 9.24. The van der Waals surface area contributed by atoms with Crippen LogP contribution in [0, 0.1) is 17.0 Å². The molecule has 1 atom stereocenters. The highest BCUT2D eigenvalue weighted by molar-refractivity contribution is 7.92. The molecule has 1 N–H and O–H groups in total. The molecule has 30 heavy (non-hydrogen) atoms. The molecule has 0 saturated carbocycles. The van der Waals surface area contributed by atoms with Crippen LogP contribution in [0.15, 0.2) is 42.5 Å². The number of methoxy groups -OCH3 is 1. The highest BCUT2D eigenvalue weighted by atomic mass is 32.2. The van der Waals surface area contributed by atoms with Crippen LogP contribution in [0.4, 0.5) is 11.4 Å². The summed E-state index contributed by atoms with van der Waals surface area (Å²) in [5, 5.41) is 14.0. The molecule has 0 heterocycles. The van der Waals surface area contributed by atoms with Crippen molar-refractivity contribution >= 4 is 27.3 Å². The summed E-state index contributed by atoms with van der Waals surface area (Å²) >= 11 is 0. The van der Waals surface area contributed by atoms with E-state index >= 15 is 0 Å². The molecule has 0 spiro atoms. The normalized spacial score (nSPS) is 12.1. The minimum absolute atomic E-state index is 0.0629. The zero-order valence-corrected chi connectivity index (χ0v) is 18.1. The number of hydrogen-bond acceptors (Lipinski definition) is 6. The van der Waals surface area contributed by atoms with Gasteiger partial charge in [0, 0.05) is 18.7 Å². The smallest absolute Gasteiger partial charge is 0.271 e. The summed E-state index contributed by atoms with van der Waals surface area (Å²) < 4.78 is 31.4. The first-order valence-corrected chi connectivity index (χ1v) is 11.1. The molecule has 2 aromatic carbocycles. The monoisotopic (exact) mass is 435 g/mol. The first-order chi connectivity index (χ1) is 14.1. The Kier molecular flexibility index (Phi) is 7.38. The van der Waals surface area contributed by atoms with E-state index in [0.717, 1.165) is 27.8 Å². The Morgan fingerprint density at radius 2 is 1.93 bits per heavy atom. The quantitative estimate of drug-likeness (QED) is 0.478. The molecule has 10 heteroatoms. The summed E-state index contributed by atoms with van der Waals surface area (Å²) in [4.78, 5) is 23.5. The van der Waals surface area contributed by atoms with Crippen LogP contribution in [0.5, 0.6) is 5.75 Å². The summed E-state index contributed by atoms with van der Waals surface area (Å²) in [6, 6.07) is 10.0. The highest BCUT2D eigenvalue weighted by Crippen LogP contribution is 2.35. The number of hydrogen-bond donors (Lipinski definition) is 1. The van der Waals surface area contributed by atoms with Crippen molar-refractivity contribution in [2.24, 2.45) is 0 Å². The number of rotatable bonds is 9. The Labute approximate surface area is 175 Å². The standard InChI is InChI=1S/C20H25N3O6S/c1-5-17(20(24)21-13-15-9-7-6-8-14(15)2)22(30(4,27)28)18-12-16(23(25)26)10-11-19(18)29-3/h6-12,17H,5,13H2,1-4H3,(H,21,24)/t17-/m0/s1. The lowest BCUT2D eigenvalue weighted by Gasteiger charge is -2.31. The van der Waals surface area contributed by atoms with Crippen molar-refractivity contribution in [1.82, 2.24) is 5.32 Å². The molecule has 0 aliphatic carbocycles. The third-order valence-electron chi connectivity index (χ3n) is 4.65. The second-order valence-corrected chi connectivity index (χ2v) is 8.60. The minimum Gasteiger partial charge on any atom is -0.495 e. The van der Waals surface area contributed by atoms with Gasteiger partial charge in [0.2, 0.25) is 15.9 Å². The summed E-state index contributed by atoms with van der Waals surface area (Å²) in [7, 11) is -2.65. The number of anilines is 1. The van der Waals surface area contributed by atoms with Gasteiger partial charge >= 0.3 is 0 Å². The van der Waals surface area contributed by atoms with Gasteiger partial charge in [0.1, 0.15) is 17.5 Å². The molecule has 2 rings (SSSR count). The van der Waals surface area contributed by atoms with Gasteiger partial charge in [-0.15, -0.1) is 0 Å². The van der Waals surface area contributed by atoms with Crippen molar-refractivity contribution in [3.05, 3.63) is 63.7 Å². The van der Waals surface area contributed by atoms with Gasteiger partial charge in [-0.1, -0.05) is 31.2 Å². The van der Waals surface area contributed by atoms with Crippen molar-refractivity contribution < 1.29 is 22.9 Å². The molecule has 0 unspecified atom stereocenters. The molecule has 2 aromatic rings. The van der Waals surface area contributed by atoms with E-state index in [9.17, 15) is 23.3 Å². The van der Waals surface area contributed by atoms with Gasteiger partial charge < -0.3 is 10.1 Å². The first kappa shape index (κ1) is 23.1. The fraction of sp³-hybridized carbons (Fsp3) is 0.350. The number of sulfonamides is 1. The molecular weight excluding hydrogens is 410 g/mol. The van der Waals surface area contributed by atoms with E-state index < -0.39 is 26.9 Å². The maximum absolute atomic E-state index is 12.9. The lowest BCUT2D eigenvalue weighted by atomic mass is 10.1. The molecular formula is C20H25N3O6S. The van der Waals surface area contributed by atoms with E-state index in [2.05, 4.69) is 5.32 Å². The third kappa shape index (κ3) is 5.26. The van der Waals surface area contributed by atoms with E-state index in [1.54, 1.807) is 6.92 Å². The Hall–Kier alpha value is -3.14. The summed E-state index contributed by atoms with van der Waals surface area (Å²) in [5.74, 6) is -0.407. The number of nitrogens with one attached hydrogen (secondary N) is 1. The number of non-ortho nitro benzene ring substituents is 1. The molecule has 0 aliphatic rings. The molecule has 1 amide bonds. The molecule has 0 bridgehead atoms. The Balaban J connectivity index is 2.44. The fourth-order valence-electron chi connectivity index (χ4n) is 3.11. The average molecular weight is 436 g/mol. The van der Waals surface area contributed by atoms with Crippen LogP contribution in [0.1, 0.15) is 24.5 Å². The number of benzene rings is 2. The van der Waals surface area contributed by atoms with Crippen LogP contribution >= 0.6 is 0 Å². The van der Waals surface area contributed by atoms with Crippen molar-refractivity contribution in [1.29, 1.82) is 0 Å². The van der Waals surface area contributed by atoms with E-state index in [1.807, 2.05) is 31.2 Å². The van der Waals surface area contributed by atoms with E-state index in [4.69, 9.17) is 4.74 Å². The van der Waals surface area contributed by atoms with Crippen molar-refractivity contribution in [2.75, 3.05) is 17.7 Å². The second-order valence-electron chi connectivity index (χ2n) is 6.74. The van der Waals surface area contributed by atoms with Crippen LogP contribution in [0.2, 0.25) is 0 Å². The number of nitro benzene ring substituents is 1. The second kappa shape index (κ2) is 9.57. The average Bonchev–Trinajstić information content (AvgIpc) is 2.69. The summed E-state index contributed by atoms with van der Waals surface area (Å²) in [6.45, 7) is 3.81. The number of amides is 1. The Morgan fingerprint density at radius 1 is 1.27 bits per heavy atom. The zero-order chi connectivity index (χ0) is 22.5. The summed E-state index contributed by atoms with van der Waals surface area (Å²) in [5.41, 5.74) is 1.52. The van der Waals surface area contributed by atoms with Gasteiger partial charge in [-0.3, -0.25) is 19.2 Å². The van der Waals surface area contributed by atoms with Crippen LogP contribution < -0.4 is 14.4 Å². The molecule has 9 nitrogen and oxygen atoms in total. The van der Waals surface area contributed by atoms with Gasteiger partial charge in [0.15, 0.2) is 0 Å². The molecule has 162 valence electrons. The maximum Gasteiger partial charge on any atom is 0.271 e. The van der Waals surface area contributed by atoms with Crippen molar-refractivity contribution in [2.45, 2.75) is 32.9 Å². The van der Waals surface area contributed by atoms with Crippen LogP contribution in [-0.2, 0) is 21.4 Å². The zero-order valence-electron chi connectivity index (χ0n) is 17.3. The predicted molar refractivity (Wildman–Crippen MR) is 114 cm³/mol. The van der Waals surface area contributed by atoms with Crippen LogP contribution in [0.25, 0.3) is 0 Å². The molecule has 0 aliphatic heterocycles. The summed E-state index contributed by atoms with van der Waals surface area (Å²) in [6.07, 6.45) is 1.10. The lowest BCUT2D eigenvalue weighted by molar-refractivity contribution is -0.384. The van der Waals surface area contributed by atoms with E-state index in [-0.39, 0.29) is 30.1 Å². The number of aryl methyl sites for hydroxylation is 1. The number of ether oxygens (including phenoxy) is 1. The Morgan fingerprint density at radius 3 is 2.47 bits per heavy atom. The largest absolute Gasteiger partial charge is 0.495 e. The van der Waals surface area contributed by atoms with Gasteiger partial charge in [-0.2, -0.15) is 0 Å². The Bertz CT molecular complexity index is 1040. The van der Waals surface area contributed by atoms with Crippen LogP contribution in [0.3, 0.4) is 0 Å². The van der Waals surface area contributed by atoms with Crippen molar-refractivity contribution in [3.63, 3.8) is 0 Å². The number of nitrogens with zero attached hydrogens (tertiary/aromatic N) is 2. The van der Waals surface area contributed by atoms with Crippen LogP contribution in [-0.4, -0.2) is 38.7 Å². The lowest BCUT2D eigenvalue weighted by Crippen LogP contribution is -2.49.